The van der Waals surface area contributed by atoms with Crippen molar-refractivity contribution in [3.8, 4) is 45.3 Å². The second-order valence-corrected chi connectivity index (χ2v) is 16.9. The summed E-state index contributed by atoms with van der Waals surface area (Å²) in [6.45, 7) is 0. The number of hydrogen-bond donors (Lipinski definition) is 0. The van der Waals surface area contributed by atoms with Gasteiger partial charge in [0, 0.05) is 17.1 Å². The molecule has 2 heterocycles. The third-order valence-corrected chi connectivity index (χ3v) is 15.2. The van der Waals surface area contributed by atoms with Crippen LogP contribution in [0.15, 0.2) is 200 Å². The summed E-state index contributed by atoms with van der Waals surface area (Å²) in [5.41, 5.74) is 7.91. The summed E-state index contributed by atoms with van der Waals surface area (Å²) in [6.07, 6.45) is 0. The summed E-state index contributed by atoms with van der Waals surface area (Å²) in [5.74, 6) is 3.59. The molecular weight excluding hydrogens is 651 g/mol. The van der Waals surface area contributed by atoms with Gasteiger partial charge in [0.05, 0.1) is 0 Å². The van der Waals surface area contributed by atoms with Crippen molar-refractivity contribution in [3.05, 3.63) is 200 Å². The van der Waals surface area contributed by atoms with Crippen LogP contribution < -0.4 is 35.1 Å². The van der Waals surface area contributed by atoms with Crippen LogP contribution >= 0.6 is 0 Å². The van der Waals surface area contributed by atoms with Crippen molar-refractivity contribution in [2.75, 3.05) is 4.90 Å². The highest BCUT2D eigenvalue weighted by molar-refractivity contribution is 7.21. The molecular formula is C48H33NO2Si. The van der Waals surface area contributed by atoms with Crippen LogP contribution in [0.2, 0.25) is 0 Å². The first-order chi connectivity index (χ1) is 25.8. The van der Waals surface area contributed by atoms with Crippen molar-refractivity contribution in [1.82, 2.24) is 0 Å². The monoisotopic (exact) mass is 683 g/mol. The molecule has 52 heavy (non-hydrogen) atoms. The number of ether oxygens (including phenoxy) is 2. The Morgan fingerprint density at radius 2 is 0.731 bits per heavy atom. The largest absolute Gasteiger partial charge is 0.458 e. The van der Waals surface area contributed by atoms with Crippen molar-refractivity contribution in [1.29, 1.82) is 0 Å². The van der Waals surface area contributed by atoms with Crippen LogP contribution in [0, 0.1) is 0 Å². The molecule has 10 rings (SSSR count). The second-order valence-electron chi connectivity index (χ2n) is 13.3. The molecule has 4 heteroatoms. The van der Waals surface area contributed by atoms with Gasteiger partial charge in [-0.25, -0.2) is 0 Å². The molecule has 246 valence electrons. The van der Waals surface area contributed by atoms with Gasteiger partial charge in [-0.3, -0.25) is 0 Å². The molecule has 0 saturated carbocycles. The Hall–Kier alpha value is -6.62. The number of fused-ring (bicyclic) bond motifs is 8. The predicted molar refractivity (Wildman–Crippen MR) is 216 cm³/mol. The van der Waals surface area contributed by atoms with Crippen molar-refractivity contribution in [2.24, 2.45) is 0 Å². The van der Waals surface area contributed by atoms with Crippen LogP contribution in [0.25, 0.3) is 22.3 Å². The van der Waals surface area contributed by atoms with Crippen molar-refractivity contribution < 1.29 is 9.47 Å². The molecule has 0 amide bonds. The fourth-order valence-corrected chi connectivity index (χ4v) is 13.2. The highest BCUT2D eigenvalue weighted by Gasteiger charge is 2.53. The maximum Gasteiger partial charge on any atom is 0.196 e. The van der Waals surface area contributed by atoms with E-state index in [1.165, 1.54) is 31.9 Å². The molecule has 1 spiro atoms. The first kappa shape index (κ1) is 30.2. The van der Waals surface area contributed by atoms with E-state index in [1.54, 1.807) is 0 Å². The van der Waals surface area contributed by atoms with Gasteiger partial charge in [-0.1, -0.05) is 140 Å². The third kappa shape index (κ3) is 4.80. The molecule has 8 aromatic carbocycles. The summed E-state index contributed by atoms with van der Waals surface area (Å²) >= 11 is 0. The number of anilines is 3. The van der Waals surface area contributed by atoms with Crippen molar-refractivity contribution in [2.45, 2.75) is 0 Å². The van der Waals surface area contributed by atoms with Crippen LogP contribution in [0.3, 0.4) is 0 Å². The van der Waals surface area contributed by atoms with Gasteiger partial charge in [-0.2, -0.15) is 0 Å². The zero-order chi connectivity index (χ0) is 34.5. The SMILES string of the molecule is c1ccc(-c2ccc(N(c3ccccc3)c3ccc4c(c3)[Si]3(c5ccccc5Oc5ccccc53)c3ccc(-c5ccccc5)cc3O4)cc2)cc1. The number of para-hydroxylation sites is 3. The topological polar surface area (TPSA) is 21.7 Å². The molecule has 0 aromatic heterocycles. The Bertz CT molecular complexity index is 2520. The zero-order valence-corrected chi connectivity index (χ0v) is 29.3. The summed E-state index contributed by atoms with van der Waals surface area (Å²) in [6, 6.07) is 71.3. The minimum atomic E-state index is -2.99. The van der Waals surface area contributed by atoms with E-state index >= 15 is 0 Å². The Morgan fingerprint density at radius 3 is 1.38 bits per heavy atom. The molecule has 8 aromatic rings. The van der Waals surface area contributed by atoms with E-state index in [-0.39, 0.29) is 0 Å². The summed E-state index contributed by atoms with van der Waals surface area (Å²) in [5, 5.41) is 4.87. The van der Waals surface area contributed by atoms with Crippen molar-refractivity contribution in [3.63, 3.8) is 0 Å². The Labute approximate surface area is 304 Å². The Balaban J connectivity index is 1.21. The average Bonchev–Trinajstić information content (AvgIpc) is 3.22. The lowest BCUT2D eigenvalue weighted by atomic mass is 10.0. The van der Waals surface area contributed by atoms with E-state index in [1.807, 2.05) is 0 Å². The zero-order valence-electron chi connectivity index (χ0n) is 28.3. The van der Waals surface area contributed by atoms with E-state index in [2.05, 4.69) is 205 Å². The third-order valence-electron chi connectivity index (χ3n) is 10.4. The standard InChI is InChI=1S/C48H33NO2Si/c1-4-14-34(15-5-1)36-24-27-39(28-25-36)49(38-18-8-3-9-19-38)40-29-30-43-48(33-40)52(45-22-12-10-20-41(45)50-42-21-11-13-23-46(42)52)47-31-26-37(32-44(47)51-43)35-16-6-2-7-17-35/h1-33H. The van der Waals surface area contributed by atoms with E-state index in [4.69, 9.17) is 9.47 Å². The van der Waals surface area contributed by atoms with Gasteiger partial charge in [-0.15, -0.1) is 0 Å². The maximum absolute atomic E-state index is 6.98. The van der Waals surface area contributed by atoms with Crippen LogP contribution in [0.1, 0.15) is 0 Å². The summed E-state index contributed by atoms with van der Waals surface area (Å²) in [7, 11) is -2.99. The molecule has 0 radical (unpaired) electrons. The van der Waals surface area contributed by atoms with E-state index in [0.717, 1.165) is 51.2 Å². The van der Waals surface area contributed by atoms with E-state index < -0.39 is 8.07 Å². The van der Waals surface area contributed by atoms with Gasteiger partial charge in [0.2, 0.25) is 0 Å². The molecule has 0 aliphatic carbocycles. The van der Waals surface area contributed by atoms with Gasteiger partial charge in [0.1, 0.15) is 23.0 Å². The predicted octanol–water partition coefficient (Wildman–Crippen LogP) is 10.1. The second kappa shape index (κ2) is 12.3. The molecule has 0 N–H and O–H groups in total. The first-order valence-electron chi connectivity index (χ1n) is 17.7. The molecule has 0 unspecified atom stereocenters. The molecule has 0 bridgehead atoms. The lowest BCUT2D eigenvalue weighted by molar-refractivity contribution is 0.482. The highest BCUT2D eigenvalue weighted by Crippen LogP contribution is 2.41. The van der Waals surface area contributed by atoms with Crippen LogP contribution in [0.5, 0.6) is 23.0 Å². The molecule has 0 fully saturated rings. The lowest BCUT2D eigenvalue weighted by Crippen LogP contribution is -2.77. The molecule has 2 aliphatic heterocycles. The summed E-state index contributed by atoms with van der Waals surface area (Å²) in [4.78, 5) is 2.35. The highest BCUT2D eigenvalue weighted by atomic mass is 28.3. The average molecular weight is 684 g/mol. The minimum Gasteiger partial charge on any atom is -0.458 e. The Kier molecular flexibility index (Phi) is 7.15. The van der Waals surface area contributed by atoms with E-state index in [9.17, 15) is 0 Å². The van der Waals surface area contributed by atoms with Crippen LogP contribution in [-0.4, -0.2) is 8.07 Å². The van der Waals surface area contributed by atoms with Crippen molar-refractivity contribution >= 4 is 45.9 Å². The van der Waals surface area contributed by atoms with Gasteiger partial charge >= 0.3 is 0 Å². The quantitative estimate of drug-likeness (QED) is 0.169. The van der Waals surface area contributed by atoms with Gasteiger partial charge in [0.15, 0.2) is 8.07 Å². The first-order valence-corrected chi connectivity index (χ1v) is 19.7. The van der Waals surface area contributed by atoms with Crippen LogP contribution in [0.4, 0.5) is 17.1 Å². The molecule has 0 atom stereocenters. The molecule has 2 aliphatic rings. The van der Waals surface area contributed by atoms with Gasteiger partial charge in [-0.05, 0) is 104 Å². The lowest BCUT2D eigenvalue weighted by Gasteiger charge is -2.43. The number of benzene rings is 8. The van der Waals surface area contributed by atoms with Gasteiger partial charge in [0.25, 0.3) is 0 Å². The fourth-order valence-electron chi connectivity index (χ4n) is 8.06. The number of hydrogen-bond acceptors (Lipinski definition) is 3. The van der Waals surface area contributed by atoms with Gasteiger partial charge < -0.3 is 14.4 Å². The maximum atomic E-state index is 6.98. The van der Waals surface area contributed by atoms with Crippen LogP contribution in [-0.2, 0) is 0 Å². The normalized spacial score (nSPS) is 13.1. The number of nitrogens with zero attached hydrogens (tertiary/aromatic N) is 1. The van der Waals surface area contributed by atoms with E-state index in [0.29, 0.717) is 0 Å². The molecule has 0 saturated heterocycles. The fraction of sp³-hybridized carbons (Fsp3) is 0. The number of rotatable bonds is 5. The minimum absolute atomic E-state index is 0.882. The Morgan fingerprint density at radius 1 is 0.288 bits per heavy atom. The summed E-state index contributed by atoms with van der Waals surface area (Å²) < 4.78 is 13.7. The smallest absolute Gasteiger partial charge is 0.196 e. The molecule has 3 nitrogen and oxygen atoms in total.